The third-order valence-corrected chi connectivity index (χ3v) is 7.22. The van der Waals surface area contributed by atoms with Gasteiger partial charge in [0, 0.05) is 24.9 Å². The third kappa shape index (κ3) is 3.43. The summed E-state index contributed by atoms with van der Waals surface area (Å²) >= 11 is 0. The Balaban J connectivity index is 1.58. The van der Waals surface area contributed by atoms with Gasteiger partial charge >= 0.3 is 0 Å². The Kier molecular flexibility index (Phi) is 5.26. The van der Waals surface area contributed by atoms with Gasteiger partial charge in [0.15, 0.2) is 0 Å². The highest BCUT2D eigenvalue weighted by Crippen LogP contribution is 2.51. The van der Waals surface area contributed by atoms with Gasteiger partial charge in [-0.2, -0.15) is 0 Å². The van der Waals surface area contributed by atoms with Gasteiger partial charge < -0.3 is 15.0 Å². The van der Waals surface area contributed by atoms with Crippen molar-refractivity contribution in [1.82, 2.24) is 9.88 Å². The molecule has 2 aliphatic heterocycles. The molecular formula is C25H29N3O3. The van der Waals surface area contributed by atoms with Crippen LogP contribution >= 0.6 is 0 Å². The fraction of sp³-hybridized carbons (Fsp3) is 0.480. The molecule has 1 aliphatic carbocycles. The maximum absolute atomic E-state index is 13.8. The zero-order valence-electron chi connectivity index (χ0n) is 18.0. The van der Waals surface area contributed by atoms with Crippen molar-refractivity contribution in [3.05, 3.63) is 59.3 Å². The minimum atomic E-state index is -0.510. The van der Waals surface area contributed by atoms with E-state index in [1.54, 1.807) is 6.20 Å². The van der Waals surface area contributed by atoms with Gasteiger partial charge in [0.2, 0.25) is 5.91 Å². The van der Waals surface area contributed by atoms with Crippen LogP contribution in [0.4, 0.5) is 5.82 Å². The molecule has 0 radical (unpaired) electrons. The zero-order chi connectivity index (χ0) is 21.4. The molecule has 162 valence electrons. The first-order valence-corrected chi connectivity index (χ1v) is 11.4. The Labute approximate surface area is 183 Å². The highest BCUT2D eigenvalue weighted by molar-refractivity contribution is 6.05. The minimum absolute atomic E-state index is 0.0334. The molecule has 1 N–H and O–H groups in total. The average molecular weight is 420 g/mol. The van der Waals surface area contributed by atoms with Crippen molar-refractivity contribution in [2.24, 2.45) is 0 Å². The molecule has 3 heterocycles. The fourth-order valence-corrected chi connectivity index (χ4v) is 5.73. The summed E-state index contributed by atoms with van der Waals surface area (Å²) in [6.07, 6.45) is 7.43. The van der Waals surface area contributed by atoms with Gasteiger partial charge in [0.25, 0.3) is 5.91 Å². The lowest BCUT2D eigenvalue weighted by atomic mass is 9.71. The lowest BCUT2D eigenvalue weighted by Gasteiger charge is -2.50. The fourth-order valence-electron chi connectivity index (χ4n) is 5.73. The van der Waals surface area contributed by atoms with Crippen molar-refractivity contribution in [2.75, 3.05) is 18.5 Å². The van der Waals surface area contributed by atoms with E-state index in [1.165, 1.54) is 0 Å². The van der Waals surface area contributed by atoms with Crippen LogP contribution in [-0.4, -0.2) is 46.5 Å². The number of pyridine rings is 1. The van der Waals surface area contributed by atoms with Crippen LogP contribution in [0.15, 0.2) is 42.6 Å². The largest absolute Gasteiger partial charge is 0.376 e. The van der Waals surface area contributed by atoms with Crippen molar-refractivity contribution in [3.63, 3.8) is 0 Å². The highest BCUT2D eigenvalue weighted by atomic mass is 16.5. The normalized spacial score (nSPS) is 24.4. The van der Waals surface area contributed by atoms with Gasteiger partial charge in [-0.05, 0) is 55.9 Å². The number of hydrogen-bond acceptors (Lipinski definition) is 4. The highest BCUT2D eigenvalue weighted by Gasteiger charge is 2.56. The average Bonchev–Trinajstić information content (AvgIpc) is 3.46. The molecule has 6 heteroatoms. The molecule has 2 amide bonds. The molecule has 1 saturated heterocycles. The van der Waals surface area contributed by atoms with Crippen molar-refractivity contribution < 1.29 is 14.3 Å². The first-order chi connectivity index (χ1) is 15.1. The number of amides is 2. The minimum Gasteiger partial charge on any atom is -0.376 e. The standard InChI is InChI=1S/C25H29N3O3/c1-17-8-6-14-26-22(17)27-23(29)21-19-10-2-3-11-20(19)24(30)28(16-18-9-7-15-31-18)25(21)12-4-5-13-25/h2-3,6,8,10-11,14,18,21H,4-5,7,9,12-13,15-16H2,1H3,(H,26,27,29)/t18-,21-/m0/s1. The predicted molar refractivity (Wildman–Crippen MR) is 118 cm³/mol. The van der Waals surface area contributed by atoms with Gasteiger partial charge in [-0.15, -0.1) is 0 Å². The van der Waals surface area contributed by atoms with Gasteiger partial charge in [0.05, 0.1) is 17.6 Å². The Hall–Kier alpha value is -2.73. The quantitative estimate of drug-likeness (QED) is 0.811. The number of nitrogens with zero attached hydrogens (tertiary/aromatic N) is 2. The van der Waals surface area contributed by atoms with Gasteiger partial charge in [-0.1, -0.05) is 37.1 Å². The van der Waals surface area contributed by atoms with Crippen LogP contribution < -0.4 is 5.32 Å². The Morgan fingerprint density at radius 3 is 2.74 bits per heavy atom. The summed E-state index contributed by atoms with van der Waals surface area (Å²) < 4.78 is 5.90. The van der Waals surface area contributed by atoms with Gasteiger partial charge in [-0.25, -0.2) is 4.98 Å². The van der Waals surface area contributed by atoms with Gasteiger partial charge in [-0.3, -0.25) is 9.59 Å². The first-order valence-electron chi connectivity index (χ1n) is 11.4. The summed E-state index contributed by atoms with van der Waals surface area (Å²) in [7, 11) is 0. The van der Waals surface area contributed by atoms with Crippen molar-refractivity contribution in [1.29, 1.82) is 0 Å². The number of ether oxygens (including phenoxy) is 1. The van der Waals surface area contributed by atoms with E-state index in [0.29, 0.717) is 17.9 Å². The molecule has 6 nitrogen and oxygen atoms in total. The lowest BCUT2D eigenvalue weighted by molar-refractivity contribution is -0.121. The van der Waals surface area contributed by atoms with Crippen LogP contribution in [-0.2, 0) is 9.53 Å². The molecule has 1 saturated carbocycles. The van der Waals surface area contributed by atoms with E-state index in [9.17, 15) is 9.59 Å². The second-order valence-electron chi connectivity index (χ2n) is 9.04. The molecule has 1 spiro atoms. The number of carbonyl (C=O) groups excluding carboxylic acids is 2. The topological polar surface area (TPSA) is 71.5 Å². The van der Waals surface area contributed by atoms with E-state index in [-0.39, 0.29) is 17.9 Å². The molecule has 0 bridgehead atoms. The maximum atomic E-state index is 13.8. The number of rotatable bonds is 4. The number of aryl methyl sites for hydroxylation is 1. The predicted octanol–water partition coefficient (Wildman–Crippen LogP) is 4.06. The van der Waals surface area contributed by atoms with Crippen LogP contribution in [0.25, 0.3) is 0 Å². The monoisotopic (exact) mass is 419 g/mol. The Morgan fingerprint density at radius 2 is 2.00 bits per heavy atom. The molecule has 2 fully saturated rings. The molecular weight excluding hydrogens is 390 g/mol. The summed E-state index contributed by atoms with van der Waals surface area (Å²) in [4.78, 5) is 33.8. The number of carbonyl (C=O) groups is 2. The maximum Gasteiger partial charge on any atom is 0.254 e. The van der Waals surface area contributed by atoms with Crippen molar-refractivity contribution >= 4 is 17.6 Å². The van der Waals surface area contributed by atoms with E-state index >= 15 is 0 Å². The smallest absolute Gasteiger partial charge is 0.254 e. The second-order valence-corrected chi connectivity index (χ2v) is 9.04. The number of anilines is 1. The van der Waals surface area contributed by atoms with E-state index in [0.717, 1.165) is 56.3 Å². The third-order valence-electron chi connectivity index (χ3n) is 7.22. The van der Waals surface area contributed by atoms with Crippen LogP contribution in [0.2, 0.25) is 0 Å². The molecule has 1 aromatic carbocycles. The lowest BCUT2D eigenvalue weighted by Crippen LogP contribution is -2.61. The molecule has 5 rings (SSSR count). The molecule has 2 atom stereocenters. The van der Waals surface area contributed by atoms with E-state index < -0.39 is 11.5 Å². The van der Waals surface area contributed by atoms with Gasteiger partial charge in [0.1, 0.15) is 5.82 Å². The summed E-state index contributed by atoms with van der Waals surface area (Å²) in [5.74, 6) is 0.111. The molecule has 2 aromatic rings. The Morgan fingerprint density at radius 1 is 1.19 bits per heavy atom. The van der Waals surface area contributed by atoms with E-state index in [4.69, 9.17) is 4.74 Å². The van der Waals surface area contributed by atoms with Crippen LogP contribution in [0.1, 0.15) is 65.9 Å². The van der Waals surface area contributed by atoms with E-state index in [2.05, 4.69) is 10.3 Å². The molecule has 3 aliphatic rings. The van der Waals surface area contributed by atoms with Crippen LogP contribution in [0, 0.1) is 6.92 Å². The van der Waals surface area contributed by atoms with Crippen LogP contribution in [0.3, 0.4) is 0 Å². The molecule has 1 aromatic heterocycles. The number of aromatic nitrogens is 1. The van der Waals surface area contributed by atoms with Crippen LogP contribution in [0.5, 0.6) is 0 Å². The second kappa shape index (κ2) is 8.08. The van der Waals surface area contributed by atoms with E-state index in [1.807, 2.05) is 48.2 Å². The zero-order valence-corrected chi connectivity index (χ0v) is 18.0. The number of benzene rings is 1. The number of nitrogens with one attached hydrogen (secondary N) is 1. The molecule has 31 heavy (non-hydrogen) atoms. The molecule has 0 unspecified atom stereocenters. The summed E-state index contributed by atoms with van der Waals surface area (Å²) in [6, 6.07) is 11.4. The number of hydrogen-bond donors (Lipinski definition) is 1. The SMILES string of the molecule is Cc1cccnc1NC(=O)[C@@H]1c2ccccc2C(=O)N(C[C@@H]2CCCO2)C12CCCC2. The summed E-state index contributed by atoms with van der Waals surface area (Å²) in [6.45, 7) is 3.24. The number of fused-ring (bicyclic) bond motifs is 1. The Bertz CT molecular complexity index is 993. The summed E-state index contributed by atoms with van der Waals surface area (Å²) in [5.41, 5.74) is 1.89. The van der Waals surface area contributed by atoms with Crippen molar-refractivity contribution in [3.8, 4) is 0 Å². The first kappa shape index (κ1) is 20.2. The van der Waals surface area contributed by atoms with Crippen molar-refractivity contribution in [2.45, 2.75) is 63.0 Å². The summed E-state index contributed by atoms with van der Waals surface area (Å²) in [5, 5.41) is 3.08.